The Labute approximate surface area is 172 Å². The number of anilines is 1. The van der Waals surface area contributed by atoms with E-state index in [4.69, 9.17) is 0 Å². The molecule has 1 fully saturated rings. The summed E-state index contributed by atoms with van der Waals surface area (Å²) in [7, 11) is 0. The van der Waals surface area contributed by atoms with Crippen LogP contribution in [-0.2, 0) is 0 Å². The third-order valence-corrected chi connectivity index (χ3v) is 8.17. The van der Waals surface area contributed by atoms with E-state index in [1.165, 1.54) is 26.2 Å². The third kappa shape index (κ3) is 2.65. The minimum Gasteiger partial charge on any atom is -0.383 e. The van der Waals surface area contributed by atoms with Gasteiger partial charge in [0, 0.05) is 21.3 Å². The van der Waals surface area contributed by atoms with Crippen LogP contribution >= 0.6 is 11.3 Å². The fourth-order valence-corrected chi connectivity index (χ4v) is 6.92. The van der Waals surface area contributed by atoms with E-state index >= 15 is 0 Å². The van der Waals surface area contributed by atoms with E-state index in [-0.39, 0.29) is 0 Å². The molecular formula is C26H29NS. The Balaban J connectivity index is 1.63. The van der Waals surface area contributed by atoms with Crippen molar-refractivity contribution in [3.8, 4) is 0 Å². The largest absolute Gasteiger partial charge is 0.383 e. The molecule has 1 heterocycles. The number of nitrogens with one attached hydrogen (secondary N) is 1. The van der Waals surface area contributed by atoms with Crippen LogP contribution in [0.25, 0.3) is 16.2 Å². The quantitative estimate of drug-likeness (QED) is 0.490. The summed E-state index contributed by atoms with van der Waals surface area (Å²) in [5, 5.41) is 5.18. The molecule has 0 bridgehead atoms. The summed E-state index contributed by atoms with van der Waals surface area (Å²) >= 11 is 1.96. The van der Waals surface area contributed by atoms with Crippen LogP contribution in [0.2, 0.25) is 0 Å². The monoisotopic (exact) mass is 387 g/mol. The van der Waals surface area contributed by atoms with E-state index in [0.717, 1.165) is 0 Å². The van der Waals surface area contributed by atoms with Gasteiger partial charge < -0.3 is 5.32 Å². The van der Waals surface area contributed by atoms with E-state index in [1.807, 2.05) is 11.3 Å². The first-order valence-electron chi connectivity index (χ1n) is 10.6. The zero-order valence-electron chi connectivity index (χ0n) is 17.1. The van der Waals surface area contributed by atoms with Crippen LogP contribution in [0, 0.1) is 17.8 Å². The Bertz CT molecular complexity index is 1040. The molecule has 2 heteroatoms. The molecule has 3 aromatic rings. The van der Waals surface area contributed by atoms with Gasteiger partial charge in [-0.05, 0) is 78.2 Å². The number of hydrogen-bond donors (Lipinski definition) is 1. The Kier molecular flexibility index (Phi) is 4.35. The lowest BCUT2D eigenvalue weighted by atomic mass is 9.76. The molecule has 0 radical (unpaired) electrons. The number of allylic oxidation sites excluding steroid dienone is 1. The van der Waals surface area contributed by atoms with Crippen LogP contribution in [0.4, 0.5) is 5.69 Å². The molecule has 5 unspecified atom stereocenters. The van der Waals surface area contributed by atoms with E-state index in [1.54, 1.807) is 5.56 Å². The first-order chi connectivity index (χ1) is 13.6. The van der Waals surface area contributed by atoms with Crippen molar-refractivity contribution in [1.82, 2.24) is 0 Å². The Morgan fingerprint density at radius 2 is 1.61 bits per heavy atom. The zero-order valence-corrected chi connectivity index (χ0v) is 18.0. The second-order valence-corrected chi connectivity index (χ2v) is 10.1. The van der Waals surface area contributed by atoms with Gasteiger partial charge in [0.1, 0.15) is 0 Å². The van der Waals surface area contributed by atoms with Gasteiger partial charge in [0.25, 0.3) is 0 Å². The second kappa shape index (κ2) is 6.77. The summed E-state index contributed by atoms with van der Waals surface area (Å²) < 4.78 is 1.43. The molecule has 0 aliphatic heterocycles. The third-order valence-electron chi connectivity index (χ3n) is 7.02. The average Bonchev–Trinajstić information content (AvgIpc) is 3.17. The smallest absolute Gasteiger partial charge is 0.0377 e. The number of benzene rings is 2. The molecule has 1 nitrogen and oxygen atoms in total. The Morgan fingerprint density at radius 1 is 0.893 bits per heavy atom. The summed E-state index contributed by atoms with van der Waals surface area (Å²) in [6.45, 7) is 9.41. The van der Waals surface area contributed by atoms with Crippen LogP contribution in [0.15, 0.2) is 54.6 Å². The van der Waals surface area contributed by atoms with Crippen molar-refractivity contribution < 1.29 is 0 Å². The zero-order chi connectivity index (χ0) is 19.4. The highest BCUT2D eigenvalue weighted by Crippen LogP contribution is 2.61. The molecule has 0 amide bonds. The van der Waals surface area contributed by atoms with Gasteiger partial charge in [0.15, 0.2) is 0 Å². The van der Waals surface area contributed by atoms with Crippen molar-refractivity contribution in [2.45, 2.75) is 45.6 Å². The molecule has 0 spiro atoms. The molecular weight excluding hydrogens is 358 g/mol. The Hall–Kier alpha value is -2.06. The first kappa shape index (κ1) is 18.0. The number of rotatable bonds is 3. The summed E-state index contributed by atoms with van der Waals surface area (Å²) in [5.41, 5.74) is 4.43. The fourth-order valence-electron chi connectivity index (χ4n) is 5.74. The van der Waals surface area contributed by atoms with Gasteiger partial charge in [-0.25, -0.2) is 0 Å². The van der Waals surface area contributed by atoms with Crippen molar-refractivity contribution in [2.24, 2.45) is 17.8 Å². The summed E-state index contributed by atoms with van der Waals surface area (Å²) in [5.74, 6) is 3.07. The maximum absolute atomic E-state index is 3.70. The SMILES string of the molecule is CC(C)Nc1ccccc1C1C(C)C(C)C2c3c(sc4ccccc34)C=CC12. The molecule has 144 valence electrons. The topological polar surface area (TPSA) is 12.0 Å². The van der Waals surface area contributed by atoms with Gasteiger partial charge >= 0.3 is 0 Å². The van der Waals surface area contributed by atoms with Gasteiger partial charge in [0.2, 0.25) is 0 Å². The molecule has 5 rings (SSSR count). The van der Waals surface area contributed by atoms with Crippen LogP contribution in [-0.4, -0.2) is 6.04 Å². The molecule has 1 aromatic heterocycles. The first-order valence-corrected chi connectivity index (χ1v) is 11.4. The predicted octanol–water partition coefficient (Wildman–Crippen LogP) is 7.52. The van der Waals surface area contributed by atoms with Gasteiger partial charge in [-0.3, -0.25) is 0 Å². The van der Waals surface area contributed by atoms with E-state index < -0.39 is 0 Å². The van der Waals surface area contributed by atoms with Crippen molar-refractivity contribution in [1.29, 1.82) is 0 Å². The van der Waals surface area contributed by atoms with Gasteiger partial charge in [0.05, 0.1) is 0 Å². The highest BCUT2D eigenvalue weighted by molar-refractivity contribution is 7.20. The summed E-state index contributed by atoms with van der Waals surface area (Å²) in [4.78, 5) is 1.48. The van der Waals surface area contributed by atoms with Gasteiger partial charge in [-0.1, -0.05) is 56.3 Å². The molecule has 28 heavy (non-hydrogen) atoms. The molecule has 1 N–H and O–H groups in total. The molecule has 2 aliphatic rings. The van der Waals surface area contributed by atoms with Crippen LogP contribution in [0.5, 0.6) is 0 Å². The minimum absolute atomic E-state index is 0.445. The average molecular weight is 388 g/mol. The standard InChI is InChI=1S/C26H29NS/c1-15(2)27-21-11-7-5-9-18(21)24-16(3)17(4)25-20(24)13-14-23-26(25)19-10-6-8-12-22(19)28-23/h5-17,20,24-25,27H,1-4H3. The van der Waals surface area contributed by atoms with E-state index in [0.29, 0.717) is 35.6 Å². The minimum atomic E-state index is 0.445. The van der Waals surface area contributed by atoms with Crippen molar-refractivity contribution in [3.05, 3.63) is 70.6 Å². The van der Waals surface area contributed by atoms with Gasteiger partial charge in [-0.15, -0.1) is 11.3 Å². The molecule has 0 saturated heterocycles. The lowest BCUT2D eigenvalue weighted by molar-refractivity contribution is 0.403. The fraction of sp³-hybridized carbons (Fsp3) is 0.385. The normalized spacial score (nSPS) is 28.5. The van der Waals surface area contributed by atoms with Crippen molar-refractivity contribution >= 4 is 33.2 Å². The lowest BCUT2D eigenvalue weighted by Crippen LogP contribution is -2.18. The molecule has 5 atom stereocenters. The number of hydrogen-bond acceptors (Lipinski definition) is 2. The van der Waals surface area contributed by atoms with E-state index in [2.05, 4.69) is 93.7 Å². The summed E-state index contributed by atoms with van der Waals surface area (Å²) in [6.07, 6.45) is 4.94. The van der Waals surface area contributed by atoms with Crippen molar-refractivity contribution in [3.63, 3.8) is 0 Å². The van der Waals surface area contributed by atoms with Gasteiger partial charge in [-0.2, -0.15) is 0 Å². The highest BCUT2D eigenvalue weighted by Gasteiger charge is 2.49. The molecule has 2 aromatic carbocycles. The van der Waals surface area contributed by atoms with Crippen LogP contribution in [0.3, 0.4) is 0 Å². The Morgan fingerprint density at radius 3 is 2.43 bits per heavy atom. The van der Waals surface area contributed by atoms with Crippen LogP contribution < -0.4 is 5.32 Å². The molecule has 2 aliphatic carbocycles. The summed E-state index contributed by atoms with van der Waals surface area (Å²) in [6, 6.07) is 18.4. The van der Waals surface area contributed by atoms with Crippen molar-refractivity contribution in [2.75, 3.05) is 5.32 Å². The highest BCUT2D eigenvalue weighted by atomic mass is 32.1. The maximum atomic E-state index is 3.70. The lowest BCUT2D eigenvalue weighted by Gasteiger charge is -2.29. The maximum Gasteiger partial charge on any atom is 0.0377 e. The second-order valence-electron chi connectivity index (χ2n) is 8.97. The number of thiophene rings is 1. The van der Waals surface area contributed by atoms with E-state index in [9.17, 15) is 0 Å². The predicted molar refractivity (Wildman–Crippen MR) is 123 cm³/mol. The number of fused-ring (bicyclic) bond motifs is 5. The molecule has 1 saturated carbocycles. The van der Waals surface area contributed by atoms with Crippen LogP contribution in [0.1, 0.15) is 55.5 Å². The number of para-hydroxylation sites is 1.